The number of alkyl carbamates (subject to hydrolysis) is 1. The molecule has 2 N–H and O–H groups in total. The van der Waals surface area contributed by atoms with Gasteiger partial charge >= 0.3 is 6.09 Å². The average Bonchev–Trinajstić information content (AvgIpc) is 3.32. The molecule has 0 saturated carbocycles. The third-order valence-electron chi connectivity index (χ3n) is 6.19. The summed E-state index contributed by atoms with van der Waals surface area (Å²) in [5.74, 6) is 0.204. The number of benzene rings is 1. The van der Waals surface area contributed by atoms with E-state index in [2.05, 4.69) is 30.6 Å². The van der Waals surface area contributed by atoms with Crippen LogP contribution in [0.5, 0.6) is 0 Å². The van der Waals surface area contributed by atoms with Crippen LogP contribution in [-0.2, 0) is 4.74 Å². The molecule has 38 heavy (non-hydrogen) atoms. The molecule has 3 aromatic heterocycles. The molecule has 5 rings (SSSR count). The largest absolute Gasteiger partial charge is 0.444 e. The van der Waals surface area contributed by atoms with E-state index in [0.29, 0.717) is 18.1 Å². The first-order chi connectivity index (χ1) is 18.3. The number of ether oxygens (including phenoxy) is 1. The molecule has 0 unspecified atom stereocenters. The van der Waals surface area contributed by atoms with Crippen LogP contribution in [-0.4, -0.2) is 56.5 Å². The van der Waals surface area contributed by atoms with E-state index in [1.807, 2.05) is 57.2 Å². The van der Waals surface area contributed by atoms with Crippen LogP contribution >= 0.6 is 0 Å². The molecule has 0 bridgehead atoms. The van der Waals surface area contributed by atoms with Crippen molar-refractivity contribution in [1.29, 1.82) is 0 Å². The lowest BCUT2D eigenvalue weighted by Gasteiger charge is -2.35. The van der Waals surface area contributed by atoms with E-state index in [0.717, 1.165) is 36.0 Å². The third kappa shape index (κ3) is 5.74. The maximum absolute atomic E-state index is 13.3. The topological polar surface area (TPSA) is 114 Å². The molecule has 4 aromatic rings. The number of anilines is 2. The minimum absolute atomic E-state index is 0.0717. The number of carbonyl (C=O) groups is 2. The number of piperidine rings is 1. The van der Waals surface area contributed by atoms with E-state index in [1.54, 1.807) is 35.4 Å². The van der Waals surface area contributed by atoms with E-state index >= 15 is 0 Å². The number of rotatable bonds is 5. The molecule has 1 aliphatic heterocycles. The molecule has 1 aromatic carbocycles. The van der Waals surface area contributed by atoms with Crippen LogP contribution in [0.25, 0.3) is 16.7 Å². The number of aromatic nitrogens is 4. The summed E-state index contributed by atoms with van der Waals surface area (Å²) in [7, 11) is 0. The fourth-order valence-electron chi connectivity index (χ4n) is 4.56. The summed E-state index contributed by atoms with van der Waals surface area (Å²) in [5, 5.41) is 11.4. The SMILES string of the molecule is CC(C)(C)OC(=O)N[C@@H]1CCCN(c2ccncc2NC(=O)c2cccc(-n3ncc4ccccc43)n2)C1. The van der Waals surface area contributed by atoms with Gasteiger partial charge < -0.3 is 20.3 Å². The maximum Gasteiger partial charge on any atom is 0.407 e. The highest BCUT2D eigenvalue weighted by atomic mass is 16.6. The zero-order chi connectivity index (χ0) is 26.7. The standard InChI is InChI=1S/C28H31N7O3/c1-28(2,3)38-27(37)31-20-9-7-15-34(18-20)24-13-14-29-17-22(24)33-26(36)21-10-6-12-25(32-21)35-23-11-5-4-8-19(23)16-30-35/h4-6,8,10-14,16-17,20H,7,9,15,18H2,1-3H3,(H,31,37)(H,33,36)/t20-/m1/s1. The highest BCUT2D eigenvalue weighted by Crippen LogP contribution is 2.28. The number of carbonyl (C=O) groups excluding carboxylic acids is 2. The lowest BCUT2D eigenvalue weighted by atomic mass is 10.0. The first-order valence-corrected chi connectivity index (χ1v) is 12.7. The van der Waals surface area contributed by atoms with Crippen LogP contribution in [0.2, 0.25) is 0 Å². The molecule has 1 saturated heterocycles. The van der Waals surface area contributed by atoms with Gasteiger partial charge in [-0.1, -0.05) is 24.3 Å². The van der Waals surface area contributed by atoms with Crippen molar-refractivity contribution in [3.63, 3.8) is 0 Å². The fourth-order valence-corrected chi connectivity index (χ4v) is 4.56. The second kappa shape index (κ2) is 10.5. The Bertz CT molecular complexity index is 1460. The second-order valence-electron chi connectivity index (χ2n) is 10.3. The van der Waals surface area contributed by atoms with Crippen LogP contribution in [0.3, 0.4) is 0 Å². The molecule has 196 valence electrons. The zero-order valence-electron chi connectivity index (χ0n) is 21.7. The van der Waals surface area contributed by atoms with Gasteiger partial charge in [0.15, 0.2) is 5.82 Å². The van der Waals surface area contributed by atoms with Crippen molar-refractivity contribution in [1.82, 2.24) is 25.1 Å². The Labute approximate surface area is 221 Å². The summed E-state index contributed by atoms with van der Waals surface area (Å²) in [5.41, 5.74) is 2.02. The number of hydrogen-bond donors (Lipinski definition) is 2. The summed E-state index contributed by atoms with van der Waals surface area (Å²) in [6.45, 7) is 6.90. The van der Waals surface area contributed by atoms with Gasteiger partial charge in [0.2, 0.25) is 0 Å². The third-order valence-corrected chi connectivity index (χ3v) is 6.19. The smallest absolute Gasteiger partial charge is 0.407 e. The monoisotopic (exact) mass is 513 g/mol. The van der Waals surface area contributed by atoms with Crippen molar-refractivity contribution in [3.05, 3.63) is 72.8 Å². The van der Waals surface area contributed by atoms with Gasteiger partial charge in [0.25, 0.3) is 5.91 Å². The molecule has 0 radical (unpaired) electrons. The number of nitrogens with zero attached hydrogens (tertiary/aromatic N) is 5. The van der Waals surface area contributed by atoms with Gasteiger partial charge in [-0.25, -0.2) is 14.5 Å². The molecule has 4 heterocycles. The van der Waals surface area contributed by atoms with E-state index in [9.17, 15) is 9.59 Å². The van der Waals surface area contributed by atoms with E-state index in [-0.39, 0.29) is 17.6 Å². The highest BCUT2D eigenvalue weighted by molar-refractivity contribution is 6.04. The summed E-state index contributed by atoms with van der Waals surface area (Å²) < 4.78 is 7.13. The number of nitrogens with one attached hydrogen (secondary N) is 2. The highest BCUT2D eigenvalue weighted by Gasteiger charge is 2.26. The van der Waals surface area contributed by atoms with Crippen molar-refractivity contribution in [2.75, 3.05) is 23.3 Å². The van der Waals surface area contributed by atoms with Crippen molar-refractivity contribution in [2.45, 2.75) is 45.3 Å². The number of amides is 2. The van der Waals surface area contributed by atoms with E-state index in [1.165, 1.54) is 0 Å². The molecule has 0 aliphatic carbocycles. The fraction of sp³-hybridized carbons (Fsp3) is 0.321. The van der Waals surface area contributed by atoms with Gasteiger partial charge in [-0.15, -0.1) is 0 Å². The van der Waals surface area contributed by atoms with Crippen LogP contribution < -0.4 is 15.5 Å². The van der Waals surface area contributed by atoms with Crippen LogP contribution in [0, 0.1) is 0 Å². The van der Waals surface area contributed by atoms with Gasteiger partial charge in [0.05, 0.1) is 29.3 Å². The molecule has 1 fully saturated rings. The lowest BCUT2D eigenvalue weighted by Crippen LogP contribution is -2.49. The number of pyridine rings is 2. The first-order valence-electron chi connectivity index (χ1n) is 12.7. The molecule has 1 atom stereocenters. The van der Waals surface area contributed by atoms with E-state index < -0.39 is 11.7 Å². The van der Waals surface area contributed by atoms with E-state index in [4.69, 9.17) is 4.74 Å². The van der Waals surface area contributed by atoms with Gasteiger partial charge in [0, 0.05) is 30.7 Å². The predicted octanol–water partition coefficient (Wildman–Crippen LogP) is 4.56. The van der Waals surface area contributed by atoms with Gasteiger partial charge in [-0.3, -0.25) is 9.78 Å². The van der Waals surface area contributed by atoms with Crippen molar-refractivity contribution >= 4 is 34.3 Å². The Morgan fingerprint density at radius 2 is 1.89 bits per heavy atom. The average molecular weight is 514 g/mol. The van der Waals surface area contributed by atoms with Crippen LogP contribution in [0.4, 0.5) is 16.2 Å². The van der Waals surface area contributed by atoms with Crippen LogP contribution in [0.1, 0.15) is 44.1 Å². The summed E-state index contributed by atoms with van der Waals surface area (Å²) in [6.07, 6.45) is 6.40. The summed E-state index contributed by atoms with van der Waals surface area (Å²) in [6, 6.07) is 14.9. The Hall–Kier alpha value is -4.47. The molecule has 10 heteroatoms. The molecule has 1 aliphatic rings. The van der Waals surface area contributed by atoms with Crippen molar-refractivity contribution in [3.8, 4) is 5.82 Å². The lowest BCUT2D eigenvalue weighted by molar-refractivity contribution is 0.0500. The number of hydrogen-bond acceptors (Lipinski definition) is 7. The normalized spacial score (nSPS) is 15.8. The van der Waals surface area contributed by atoms with Crippen molar-refractivity contribution in [2.24, 2.45) is 0 Å². The zero-order valence-corrected chi connectivity index (χ0v) is 21.7. The van der Waals surface area contributed by atoms with Crippen molar-refractivity contribution < 1.29 is 14.3 Å². The molecule has 0 spiro atoms. The molecular formula is C28H31N7O3. The number of para-hydroxylation sites is 1. The minimum atomic E-state index is -0.559. The Morgan fingerprint density at radius 3 is 2.74 bits per heavy atom. The Kier molecular flexibility index (Phi) is 6.95. The predicted molar refractivity (Wildman–Crippen MR) is 146 cm³/mol. The van der Waals surface area contributed by atoms with Gasteiger partial charge in [-0.05, 0) is 57.9 Å². The number of fused-ring (bicyclic) bond motifs is 1. The van der Waals surface area contributed by atoms with Gasteiger partial charge in [0.1, 0.15) is 11.3 Å². The molecule has 10 nitrogen and oxygen atoms in total. The minimum Gasteiger partial charge on any atom is -0.444 e. The summed E-state index contributed by atoms with van der Waals surface area (Å²) >= 11 is 0. The Morgan fingerprint density at radius 1 is 1.05 bits per heavy atom. The Balaban J connectivity index is 1.31. The van der Waals surface area contributed by atoms with Gasteiger partial charge in [-0.2, -0.15) is 5.10 Å². The second-order valence-corrected chi connectivity index (χ2v) is 10.3. The molecular weight excluding hydrogens is 482 g/mol. The maximum atomic E-state index is 13.3. The quantitative estimate of drug-likeness (QED) is 0.402. The first kappa shape index (κ1) is 25.2. The van der Waals surface area contributed by atoms with Crippen LogP contribution in [0.15, 0.2) is 67.1 Å². The molecule has 2 amide bonds. The summed E-state index contributed by atoms with van der Waals surface area (Å²) in [4.78, 5) is 36.5.